The summed E-state index contributed by atoms with van der Waals surface area (Å²) >= 11 is 0. The molecule has 2 atom stereocenters. The molecule has 1 aliphatic heterocycles. The van der Waals surface area contributed by atoms with Gasteiger partial charge in [-0.2, -0.15) is 0 Å². The fourth-order valence-corrected chi connectivity index (χ4v) is 3.80. The molecule has 26 heavy (non-hydrogen) atoms. The summed E-state index contributed by atoms with van der Waals surface area (Å²) in [7, 11) is -1.47. The van der Waals surface area contributed by atoms with Gasteiger partial charge in [-0.1, -0.05) is 6.92 Å². The van der Waals surface area contributed by atoms with E-state index >= 15 is 0 Å². The first-order valence-electron chi connectivity index (χ1n) is 9.44. The van der Waals surface area contributed by atoms with Gasteiger partial charge in [0.05, 0.1) is 5.75 Å². The van der Waals surface area contributed by atoms with Crippen molar-refractivity contribution in [3.63, 3.8) is 0 Å². The second-order valence-corrected chi connectivity index (χ2v) is 9.48. The highest BCUT2D eigenvalue weighted by Crippen LogP contribution is 2.18. The third-order valence-corrected chi connectivity index (χ3v) is 6.64. The quantitative estimate of drug-likeness (QED) is 0.216. The first-order chi connectivity index (χ1) is 11.7. The van der Waals surface area contributed by atoms with Gasteiger partial charge >= 0.3 is 0 Å². The van der Waals surface area contributed by atoms with E-state index in [2.05, 4.69) is 48.2 Å². The van der Waals surface area contributed by atoms with Crippen molar-refractivity contribution in [2.24, 2.45) is 10.9 Å². The minimum Gasteiger partial charge on any atom is -0.357 e. The van der Waals surface area contributed by atoms with Crippen LogP contribution in [0.15, 0.2) is 4.99 Å². The molecule has 156 valence electrons. The summed E-state index contributed by atoms with van der Waals surface area (Å²) in [4.78, 5) is 7.10. The van der Waals surface area contributed by atoms with E-state index in [1.807, 2.05) is 0 Å². The molecule has 0 aromatic heterocycles. The Morgan fingerprint density at radius 3 is 2.46 bits per heavy atom. The molecular weight excluding hydrogens is 465 g/mol. The van der Waals surface area contributed by atoms with E-state index in [9.17, 15) is 8.42 Å². The molecule has 9 heteroatoms. The minimum absolute atomic E-state index is 0. The standard InChI is InChI=1S/C17H37N5O2S.HI/c1-7-18-17(19-10-9-11-21(6)25(23,24)8-2)20-16-13-22(14(3)4)12-15(16)5;/h14-16H,7-13H2,1-6H3,(H2,18,19,20);1H. The average Bonchev–Trinajstić information content (AvgIpc) is 2.92. The van der Waals surface area contributed by atoms with Gasteiger partial charge in [0.1, 0.15) is 0 Å². The number of guanidine groups is 1. The van der Waals surface area contributed by atoms with Crippen molar-refractivity contribution in [1.29, 1.82) is 0 Å². The van der Waals surface area contributed by atoms with Crippen LogP contribution in [0.2, 0.25) is 0 Å². The smallest absolute Gasteiger partial charge is 0.213 e. The van der Waals surface area contributed by atoms with Crippen LogP contribution < -0.4 is 10.6 Å². The normalized spacial score (nSPS) is 21.9. The van der Waals surface area contributed by atoms with Crippen LogP contribution >= 0.6 is 24.0 Å². The van der Waals surface area contributed by atoms with Crippen LogP contribution in [0.3, 0.4) is 0 Å². The van der Waals surface area contributed by atoms with Gasteiger partial charge in [-0.15, -0.1) is 24.0 Å². The lowest BCUT2D eigenvalue weighted by Gasteiger charge is -2.22. The third-order valence-electron chi connectivity index (χ3n) is 4.78. The van der Waals surface area contributed by atoms with Crippen molar-refractivity contribution in [1.82, 2.24) is 19.8 Å². The van der Waals surface area contributed by atoms with Crippen LogP contribution in [0.25, 0.3) is 0 Å². The average molecular weight is 503 g/mol. The summed E-state index contributed by atoms with van der Waals surface area (Å²) < 4.78 is 24.9. The fourth-order valence-electron chi connectivity index (χ4n) is 2.95. The van der Waals surface area contributed by atoms with Gasteiger partial charge in [0.2, 0.25) is 10.0 Å². The molecule has 1 fully saturated rings. The van der Waals surface area contributed by atoms with Gasteiger partial charge in [-0.3, -0.25) is 9.89 Å². The fraction of sp³-hybridized carbons (Fsp3) is 0.941. The molecule has 0 saturated carbocycles. The van der Waals surface area contributed by atoms with Gasteiger partial charge in [0.15, 0.2) is 5.96 Å². The highest BCUT2D eigenvalue weighted by molar-refractivity contribution is 14.0. The summed E-state index contributed by atoms with van der Waals surface area (Å²) in [5, 5.41) is 6.84. The van der Waals surface area contributed by atoms with Gasteiger partial charge in [-0.05, 0) is 40.0 Å². The van der Waals surface area contributed by atoms with Crippen LogP contribution in [0.1, 0.15) is 41.0 Å². The zero-order valence-electron chi connectivity index (χ0n) is 17.2. The number of aliphatic imine (C=N–C) groups is 1. The number of halogens is 1. The molecule has 2 N–H and O–H groups in total. The maximum Gasteiger partial charge on any atom is 0.213 e. The van der Waals surface area contributed by atoms with Gasteiger partial charge < -0.3 is 10.6 Å². The maximum atomic E-state index is 11.7. The molecule has 1 heterocycles. The number of hydrogen-bond acceptors (Lipinski definition) is 4. The van der Waals surface area contributed by atoms with Gasteiger partial charge in [0, 0.05) is 51.9 Å². The Labute approximate surface area is 177 Å². The molecule has 0 aromatic carbocycles. The molecule has 2 unspecified atom stereocenters. The highest BCUT2D eigenvalue weighted by atomic mass is 127. The van der Waals surface area contributed by atoms with Crippen molar-refractivity contribution in [3.05, 3.63) is 0 Å². The predicted octanol–water partition coefficient (Wildman–Crippen LogP) is 1.56. The number of rotatable bonds is 9. The molecule has 1 aliphatic rings. The predicted molar refractivity (Wildman–Crippen MR) is 121 cm³/mol. The largest absolute Gasteiger partial charge is 0.357 e. The molecular formula is C17H38IN5O2S. The molecule has 0 amide bonds. The van der Waals surface area contributed by atoms with Crippen molar-refractivity contribution < 1.29 is 8.42 Å². The van der Waals surface area contributed by atoms with Crippen molar-refractivity contribution >= 4 is 40.0 Å². The summed E-state index contributed by atoms with van der Waals surface area (Å²) in [6.07, 6.45) is 0.713. The Bertz CT molecular complexity index is 527. The third kappa shape index (κ3) is 8.26. The topological polar surface area (TPSA) is 77.0 Å². The lowest BCUT2D eigenvalue weighted by atomic mass is 10.1. The molecule has 0 bridgehead atoms. The summed E-state index contributed by atoms with van der Waals surface area (Å²) in [6, 6.07) is 0.952. The number of hydrogen-bond donors (Lipinski definition) is 2. The number of nitrogens with zero attached hydrogens (tertiary/aromatic N) is 3. The Balaban J connectivity index is 0.00000625. The van der Waals surface area contributed by atoms with E-state index in [1.165, 1.54) is 4.31 Å². The van der Waals surface area contributed by atoms with E-state index < -0.39 is 10.0 Å². The van der Waals surface area contributed by atoms with Gasteiger partial charge in [-0.25, -0.2) is 12.7 Å². The van der Waals surface area contributed by atoms with E-state index in [4.69, 9.17) is 0 Å². The number of nitrogens with one attached hydrogen (secondary N) is 2. The molecule has 7 nitrogen and oxygen atoms in total. The summed E-state index contributed by atoms with van der Waals surface area (Å²) in [6.45, 7) is 14.5. The first kappa shape index (κ1) is 25.9. The minimum atomic E-state index is -3.10. The van der Waals surface area contributed by atoms with Gasteiger partial charge in [0.25, 0.3) is 0 Å². The monoisotopic (exact) mass is 503 g/mol. The molecule has 1 saturated heterocycles. The Kier molecular flexibility index (Phi) is 12.3. The summed E-state index contributed by atoms with van der Waals surface area (Å²) in [5.74, 6) is 1.54. The first-order valence-corrected chi connectivity index (χ1v) is 11.0. The van der Waals surface area contributed by atoms with Crippen molar-refractivity contribution in [2.75, 3.05) is 45.5 Å². The molecule has 1 rings (SSSR count). The van der Waals surface area contributed by atoms with Crippen LogP contribution in [-0.2, 0) is 10.0 Å². The molecule has 0 spiro atoms. The highest BCUT2D eigenvalue weighted by Gasteiger charge is 2.31. The Morgan fingerprint density at radius 2 is 1.96 bits per heavy atom. The number of sulfonamides is 1. The molecule has 0 aliphatic carbocycles. The van der Waals surface area contributed by atoms with Crippen molar-refractivity contribution in [3.8, 4) is 0 Å². The van der Waals surface area contributed by atoms with Crippen LogP contribution in [0, 0.1) is 5.92 Å². The van der Waals surface area contributed by atoms with Crippen molar-refractivity contribution in [2.45, 2.75) is 53.1 Å². The molecule has 0 aromatic rings. The Hall–Kier alpha value is -0.130. The number of likely N-dealkylation sites (tertiary alicyclic amines) is 1. The van der Waals surface area contributed by atoms with Crippen LogP contribution in [0.5, 0.6) is 0 Å². The second kappa shape index (κ2) is 12.4. The van der Waals surface area contributed by atoms with E-state index in [0.717, 1.165) is 25.6 Å². The van der Waals surface area contributed by atoms with E-state index in [0.29, 0.717) is 37.5 Å². The maximum absolute atomic E-state index is 11.7. The SMILES string of the molecule is CCNC(=NCCCN(C)S(=O)(=O)CC)NC1CN(C(C)C)CC1C.I. The zero-order valence-corrected chi connectivity index (χ0v) is 20.3. The lowest BCUT2D eigenvalue weighted by Crippen LogP contribution is -2.47. The van der Waals surface area contributed by atoms with E-state index in [1.54, 1.807) is 14.0 Å². The van der Waals surface area contributed by atoms with E-state index in [-0.39, 0.29) is 29.7 Å². The molecule has 0 radical (unpaired) electrons. The van der Waals surface area contributed by atoms with Crippen LogP contribution in [0.4, 0.5) is 0 Å². The summed E-state index contributed by atoms with van der Waals surface area (Å²) in [5.41, 5.74) is 0. The second-order valence-electron chi connectivity index (χ2n) is 7.11. The lowest BCUT2D eigenvalue weighted by molar-refractivity contribution is 0.265. The zero-order chi connectivity index (χ0) is 19.0. The van der Waals surface area contributed by atoms with Crippen LogP contribution in [-0.4, -0.2) is 81.2 Å². The Morgan fingerprint density at radius 1 is 1.31 bits per heavy atom.